The van der Waals surface area contributed by atoms with E-state index in [0.717, 1.165) is 12.1 Å². The van der Waals surface area contributed by atoms with Crippen molar-refractivity contribution in [3.63, 3.8) is 0 Å². The number of rotatable bonds is 3. The standard InChI is InChI=1S/C20H16Cl2N4O/c1-12-8-13-4-2-3-5-18(13)26(12)20(27)17-10-24-19(11-23-17)25-16-7-6-14(21)9-15(16)22/h2-7,9-12H,8H2,1H3,(H,24,25). The van der Waals surface area contributed by atoms with E-state index < -0.39 is 0 Å². The van der Waals surface area contributed by atoms with Crippen LogP contribution in [0, 0.1) is 0 Å². The number of para-hydroxylation sites is 1. The van der Waals surface area contributed by atoms with E-state index in [1.54, 1.807) is 23.1 Å². The van der Waals surface area contributed by atoms with Crippen molar-refractivity contribution in [2.24, 2.45) is 0 Å². The number of nitrogens with zero attached hydrogens (tertiary/aromatic N) is 3. The number of benzene rings is 2. The molecule has 1 N–H and O–H groups in total. The van der Waals surface area contributed by atoms with Gasteiger partial charge < -0.3 is 10.2 Å². The van der Waals surface area contributed by atoms with Crippen molar-refractivity contribution in [3.05, 3.63) is 76.2 Å². The molecule has 0 saturated carbocycles. The molecule has 0 aliphatic carbocycles. The Labute approximate surface area is 167 Å². The Kier molecular flexibility index (Phi) is 4.72. The molecule has 0 bridgehead atoms. The van der Waals surface area contributed by atoms with Gasteiger partial charge in [-0.2, -0.15) is 0 Å². The maximum atomic E-state index is 12.9. The molecular formula is C20H16Cl2N4O. The first-order chi connectivity index (χ1) is 13.0. The highest BCUT2D eigenvalue weighted by molar-refractivity contribution is 6.36. The molecule has 27 heavy (non-hydrogen) atoms. The van der Waals surface area contributed by atoms with E-state index in [1.165, 1.54) is 18.0 Å². The van der Waals surface area contributed by atoms with Gasteiger partial charge in [-0.15, -0.1) is 0 Å². The molecular weight excluding hydrogens is 383 g/mol. The van der Waals surface area contributed by atoms with Gasteiger partial charge in [0, 0.05) is 16.8 Å². The number of anilines is 3. The summed E-state index contributed by atoms with van der Waals surface area (Å²) in [7, 11) is 0. The van der Waals surface area contributed by atoms with Crippen molar-refractivity contribution in [1.29, 1.82) is 0 Å². The predicted molar refractivity (Wildman–Crippen MR) is 108 cm³/mol. The van der Waals surface area contributed by atoms with Crippen LogP contribution in [0.15, 0.2) is 54.9 Å². The molecule has 1 atom stereocenters. The lowest BCUT2D eigenvalue weighted by molar-refractivity contribution is 0.0976. The van der Waals surface area contributed by atoms with Crippen LogP contribution in [-0.2, 0) is 6.42 Å². The second kappa shape index (κ2) is 7.18. The van der Waals surface area contributed by atoms with Crippen molar-refractivity contribution in [2.75, 3.05) is 10.2 Å². The number of carbonyl (C=O) groups excluding carboxylic acids is 1. The van der Waals surface area contributed by atoms with Crippen LogP contribution in [-0.4, -0.2) is 21.9 Å². The third-order valence-corrected chi connectivity index (χ3v) is 5.04. The summed E-state index contributed by atoms with van der Waals surface area (Å²) in [4.78, 5) is 23.3. The molecule has 1 aliphatic rings. The molecule has 1 aliphatic heterocycles. The van der Waals surface area contributed by atoms with Crippen LogP contribution in [0.25, 0.3) is 0 Å². The minimum absolute atomic E-state index is 0.0855. The molecule has 7 heteroatoms. The van der Waals surface area contributed by atoms with E-state index in [1.807, 2.05) is 31.2 Å². The van der Waals surface area contributed by atoms with Crippen LogP contribution < -0.4 is 10.2 Å². The Morgan fingerprint density at radius 2 is 1.96 bits per heavy atom. The Morgan fingerprint density at radius 1 is 1.15 bits per heavy atom. The molecule has 0 spiro atoms. The Bertz CT molecular complexity index is 1010. The molecule has 2 aromatic carbocycles. The van der Waals surface area contributed by atoms with Gasteiger partial charge >= 0.3 is 0 Å². The van der Waals surface area contributed by atoms with Gasteiger partial charge in [-0.1, -0.05) is 41.4 Å². The normalized spacial score (nSPS) is 15.5. The third-order valence-electron chi connectivity index (χ3n) is 4.49. The van der Waals surface area contributed by atoms with Gasteiger partial charge in [-0.3, -0.25) is 4.79 Å². The number of carbonyl (C=O) groups is 1. The van der Waals surface area contributed by atoms with Gasteiger partial charge in [-0.25, -0.2) is 9.97 Å². The number of hydrogen-bond acceptors (Lipinski definition) is 4. The highest BCUT2D eigenvalue weighted by atomic mass is 35.5. The minimum atomic E-state index is -0.156. The zero-order valence-electron chi connectivity index (χ0n) is 14.5. The van der Waals surface area contributed by atoms with Crippen molar-refractivity contribution >= 4 is 46.3 Å². The number of fused-ring (bicyclic) bond motifs is 1. The average Bonchev–Trinajstić information content (AvgIpc) is 3.00. The lowest BCUT2D eigenvalue weighted by atomic mass is 10.1. The van der Waals surface area contributed by atoms with E-state index in [9.17, 15) is 4.79 Å². The van der Waals surface area contributed by atoms with E-state index in [4.69, 9.17) is 23.2 Å². The summed E-state index contributed by atoms with van der Waals surface area (Å²) in [5, 5.41) is 4.10. The van der Waals surface area contributed by atoms with Gasteiger partial charge in [0.05, 0.1) is 23.1 Å². The predicted octanol–water partition coefficient (Wildman–Crippen LogP) is 5.12. The molecule has 0 radical (unpaired) electrons. The summed E-state index contributed by atoms with van der Waals surface area (Å²) in [6, 6.07) is 13.1. The fourth-order valence-electron chi connectivity index (χ4n) is 3.23. The molecule has 2 heterocycles. The highest BCUT2D eigenvalue weighted by Gasteiger charge is 2.31. The molecule has 0 saturated heterocycles. The molecule has 0 fully saturated rings. The van der Waals surface area contributed by atoms with Crippen molar-refractivity contribution in [3.8, 4) is 0 Å². The smallest absolute Gasteiger partial charge is 0.278 e. The number of aromatic nitrogens is 2. The van der Waals surface area contributed by atoms with Crippen LogP contribution >= 0.6 is 23.2 Å². The molecule has 136 valence electrons. The molecule has 1 amide bonds. The van der Waals surface area contributed by atoms with Gasteiger partial charge in [0.15, 0.2) is 0 Å². The lowest BCUT2D eigenvalue weighted by Gasteiger charge is -2.22. The SMILES string of the molecule is CC1Cc2ccccc2N1C(=O)c1cnc(Nc2ccc(Cl)cc2Cl)cn1. The van der Waals surface area contributed by atoms with Crippen molar-refractivity contribution in [2.45, 2.75) is 19.4 Å². The Balaban J connectivity index is 1.55. The number of amides is 1. The average molecular weight is 399 g/mol. The van der Waals surface area contributed by atoms with Crippen molar-refractivity contribution in [1.82, 2.24) is 9.97 Å². The van der Waals surface area contributed by atoms with E-state index in [0.29, 0.717) is 27.2 Å². The van der Waals surface area contributed by atoms with Gasteiger partial charge in [0.25, 0.3) is 5.91 Å². The van der Waals surface area contributed by atoms with Crippen LogP contribution in [0.3, 0.4) is 0 Å². The van der Waals surface area contributed by atoms with E-state index in [-0.39, 0.29) is 11.9 Å². The second-order valence-corrected chi connectivity index (χ2v) is 7.24. The summed E-state index contributed by atoms with van der Waals surface area (Å²) in [6.07, 6.45) is 3.83. The molecule has 1 unspecified atom stereocenters. The van der Waals surface area contributed by atoms with Gasteiger partial charge in [0.2, 0.25) is 0 Å². The third kappa shape index (κ3) is 3.48. The molecule has 3 aromatic rings. The number of halogens is 2. The number of hydrogen-bond donors (Lipinski definition) is 1. The summed E-state index contributed by atoms with van der Waals surface area (Å²) in [5.74, 6) is 0.335. The maximum absolute atomic E-state index is 12.9. The summed E-state index contributed by atoms with van der Waals surface area (Å²) in [5.41, 5.74) is 3.07. The minimum Gasteiger partial charge on any atom is -0.338 e. The zero-order valence-corrected chi connectivity index (χ0v) is 16.0. The first-order valence-corrected chi connectivity index (χ1v) is 9.24. The Morgan fingerprint density at radius 3 is 2.70 bits per heavy atom. The monoisotopic (exact) mass is 398 g/mol. The zero-order chi connectivity index (χ0) is 19.0. The fraction of sp³-hybridized carbons (Fsp3) is 0.150. The fourth-order valence-corrected chi connectivity index (χ4v) is 3.69. The topological polar surface area (TPSA) is 58.1 Å². The first-order valence-electron chi connectivity index (χ1n) is 8.48. The summed E-state index contributed by atoms with van der Waals surface area (Å²) in [6.45, 7) is 2.03. The first kappa shape index (κ1) is 17.8. The van der Waals surface area contributed by atoms with Crippen LogP contribution in [0.5, 0.6) is 0 Å². The quantitative estimate of drug-likeness (QED) is 0.664. The number of nitrogens with one attached hydrogen (secondary N) is 1. The summed E-state index contributed by atoms with van der Waals surface area (Å²) >= 11 is 12.1. The van der Waals surface area contributed by atoms with Crippen LogP contribution in [0.4, 0.5) is 17.2 Å². The van der Waals surface area contributed by atoms with E-state index >= 15 is 0 Å². The molecule has 5 nitrogen and oxygen atoms in total. The van der Waals surface area contributed by atoms with Gasteiger partial charge in [-0.05, 0) is 43.2 Å². The van der Waals surface area contributed by atoms with Crippen LogP contribution in [0.2, 0.25) is 10.0 Å². The van der Waals surface area contributed by atoms with E-state index in [2.05, 4.69) is 15.3 Å². The van der Waals surface area contributed by atoms with Crippen molar-refractivity contribution < 1.29 is 4.79 Å². The second-order valence-electron chi connectivity index (χ2n) is 6.39. The van der Waals surface area contributed by atoms with Crippen LogP contribution in [0.1, 0.15) is 23.0 Å². The maximum Gasteiger partial charge on any atom is 0.278 e. The molecule has 4 rings (SSSR count). The summed E-state index contributed by atoms with van der Waals surface area (Å²) < 4.78 is 0. The lowest BCUT2D eigenvalue weighted by Crippen LogP contribution is -2.36. The molecule has 1 aromatic heterocycles. The van der Waals surface area contributed by atoms with Gasteiger partial charge in [0.1, 0.15) is 11.5 Å². The Hall–Kier alpha value is -2.63. The highest BCUT2D eigenvalue weighted by Crippen LogP contribution is 2.33. The largest absolute Gasteiger partial charge is 0.338 e.